The van der Waals surface area contributed by atoms with Gasteiger partial charge in [0.1, 0.15) is 11.9 Å². The van der Waals surface area contributed by atoms with E-state index in [1.165, 1.54) is 52.8 Å². The van der Waals surface area contributed by atoms with Gasteiger partial charge in [0.25, 0.3) is 0 Å². The molecule has 0 amide bonds. The lowest BCUT2D eigenvalue weighted by molar-refractivity contribution is 0.0337. The average Bonchev–Trinajstić information content (AvgIpc) is 2.63. The van der Waals surface area contributed by atoms with E-state index < -0.39 is 22.1 Å². The van der Waals surface area contributed by atoms with Crippen LogP contribution in [-0.4, -0.2) is 31.8 Å². The molecular formula is C19H22FNO4S. The summed E-state index contributed by atoms with van der Waals surface area (Å²) in [6.45, 7) is 5.86. The van der Waals surface area contributed by atoms with Crippen LogP contribution < -0.4 is 0 Å². The molecule has 0 saturated heterocycles. The predicted molar refractivity (Wildman–Crippen MR) is 96.8 cm³/mol. The summed E-state index contributed by atoms with van der Waals surface area (Å²) in [6.07, 6.45) is -0.592. The number of hydrogen-bond acceptors (Lipinski definition) is 4. The van der Waals surface area contributed by atoms with Gasteiger partial charge < -0.3 is 4.74 Å². The standard InChI is InChI=1S/C19H22FNO4S/c1-4-21(5-2)26(23,24)18-8-6-7-16(13-18)19(22)25-14(3)15-9-11-17(20)12-10-15/h6-14H,4-5H2,1-3H3. The number of carbonyl (C=O) groups is 1. The minimum Gasteiger partial charge on any atom is -0.454 e. The Kier molecular flexibility index (Phi) is 6.50. The SMILES string of the molecule is CCN(CC)S(=O)(=O)c1cccc(C(=O)OC(C)c2ccc(F)cc2)c1. The van der Waals surface area contributed by atoms with Crippen molar-refractivity contribution in [1.82, 2.24) is 4.31 Å². The number of ether oxygens (including phenoxy) is 1. The first-order valence-corrected chi connectivity index (χ1v) is 9.80. The van der Waals surface area contributed by atoms with Gasteiger partial charge in [0.15, 0.2) is 0 Å². The number of benzene rings is 2. The van der Waals surface area contributed by atoms with E-state index in [0.29, 0.717) is 18.7 Å². The highest BCUT2D eigenvalue weighted by Gasteiger charge is 2.23. The van der Waals surface area contributed by atoms with E-state index in [1.54, 1.807) is 20.8 Å². The van der Waals surface area contributed by atoms with Crippen LogP contribution in [0.2, 0.25) is 0 Å². The van der Waals surface area contributed by atoms with Crippen LogP contribution in [-0.2, 0) is 14.8 Å². The first-order chi connectivity index (χ1) is 12.3. The number of hydrogen-bond donors (Lipinski definition) is 0. The maximum Gasteiger partial charge on any atom is 0.338 e. The van der Waals surface area contributed by atoms with Crippen LogP contribution in [0.5, 0.6) is 0 Å². The van der Waals surface area contributed by atoms with E-state index >= 15 is 0 Å². The molecule has 2 aromatic rings. The van der Waals surface area contributed by atoms with E-state index in [0.717, 1.165) is 0 Å². The van der Waals surface area contributed by atoms with Gasteiger partial charge in [0.2, 0.25) is 10.0 Å². The van der Waals surface area contributed by atoms with Crippen molar-refractivity contribution in [3.63, 3.8) is 0 Å². The lowest BCUT2D eigenvalue weighted by atomic mass is 10.1. The Morgan fingerprint density at radius 2 is 1.73 bits per heavy atom. The Morgan fingerprint density at radius 3 is 2.31 bits per heavy atom. The molecule has 2 aromatic carbocycles. The third-order valence-electron chi connectivity index (χ3n) is 4.04. The van der Waals surface area contributed by atoms with Gasteiger partial charge in [-0.3, -0.25) is 0 Å². The minimum atomic E-state index is -3.66. The largest absolute Gasteiger partial charge is 0.454 e. The van der Waals surface area contributed by atoms with Crippen LogP contribution in [0, 0.1) is 5.82 Å². The van der Waals surface area contributed by atoms with Gasteiger partial charge >= 0.3 is 5.97 Å². The number of sulfonamides is 1. The molecule has 5 nitrogen and oxygen atoms in total. The molecular weight excluding hydrogens is 357 g/mol. The van der Waals surface area contributed by atoms with Crippen molar-refractivity contribution < 1.29 is 22.3 Å². The monoisotopic (exact) mass is 379 g/mol. The van der Waals surface area contributed by atoms with Crippen molar-refractivity contribution in [3.8, 4) is 0 Å². The maximum atomic E-state index is 13.0. The summed E-state index contributed by atoms with van der Waals surface area (Å²) in [5, 5.41) is 0. The molecule has 0 aliphatic carbocycles. The summed E-state index contributed by atoms with van der Waals surface area (Å²) < 4.78 is 44.8. The second kappa shape index (κ2) is 8.42. The molecule has 0 heterocycles. The van der Waals surface area contributed by atoms with Gasteiger partial charge in [-0.1, -0.05) is 32.0 Å². The first-order valence-electron chi connectivity index (χ1n) is 8.36. The summed E-state index contributed by atoms with van der Waals surface area (Å²) in [5.41, 5.74) is 0.791. The average molecular weight is 379 g/mol. The summed E-state index contributed by atoms with van der Waals surface area (Å²) in [6, 6.07) is 11.4. The van der Waals surface area contributed by atoms with Crippen LogP contribution in [0.3, 0.4) is 0 Å². The molecule has 0 spiro atoms. The van der Waals surface area contributed by atoms with E-state index in [1.807, 2.05) is 0 Å². The van der Waals surface area contributed by atoms with Crippen molar-refractivity contribution in [2.75, 3.05) is 13.1 Å². The number of rotatable bonds is 7. The lowest BCUT2D eigenvalue weighted by Crippen LogP contribution is -2.30. The van der Waals surface area contributed by atoms with Gasteiger partial charge in [0, 0.05) is 13.1 Å². The fourth-order valence-electron chi connectivity index (χ4n) is 2.53. The normalized spacial score (nSPS) is 12.8. The van der Waals surface area contributed by atoms with Gasteiger partial charge in [-0.05, 0) is 42.8 Å². The van der Waals surface area contributed by atoms with E-state index in [2.05, 4.69) is 0 Å². The van der Waals surface area contributed by atoms with Crippen molar-refractivity contribution in [3.05, 3.63) is 65.5 Å². The molecule has 0 aliphatic rings. The second-order valence-electron chi connectivity index (χ2n) is 5.72. The number of nitrogens with zero attached hydrogens (tertiary/aromatic N) is 1. The predicted octanol–water partition coefficient (Wildman–Crippen LogP) is 3.77. The molecule has 26 heavy (non-hydrogen) atoms. The Hall–Kier alpha value is -2.25. The van der Waals surface area contributed by atoms with E-state index in [9.17, 15) is 17.6 Å². The smallest absolute Gasteiger partial charge is 0.338 e. The Labute approximate surface area is 153 Å². The first kappa shape index (κ1) is 20.1. The van der Waals surface area contributed by atoms with Gasteiger partial charge in [-0.15, -0.1) is 0 Å². The van der Waals surface area contributed by atoms with Crippen LogP contribution in [0.1, 0.15) is 42.8 Å². The maximum absolute atomic E-state index is 13.0. The summed E-state index contributed by atoms with van der Waals surface area (Å²) >= 11 is 0. The molecule has 0 saturated carbocycles. The molecule has 0 fully saturated rings. The number of carbonyl (C=O) groups excluding carboxylic acids is 1. The van der Waals surface area contributed by atoms with Gasteiger partial charge in [-0.25, -0.2) is 17.6 Å². The zero-order valence-electron chi connectivity index (χ0n) is 15.0. The highest BCUT2D eigenvalue weighted by molar-refractivity contribution is 7.89. The second-order valence-corrected chi connectivity index (χ2v) is 7.65. The molecule has 7 heteroatoms. The molecule has 2 rings (SSSR count). The summed E-state index contributed by atoms with van der Waals surface area (Å²) in [7, 11) is -3.66. The Bertz CT molecular complexity index is 861. The molecule has 1 atom stereocenters. The van der Waals surface area contributed by atoms with Crippen LogP contribution in [0.15, 0.2) is 53.4 Å². The third-order valence-corrected chi connectivity index (χ3v) is 6.08. The molecule has 0 radical (unpaired) electrons. The fraction of sp³-hybridized carbons (Fsp3) is 0.316. The Balaban J connectivity index is 2.21. The third kappa shape index (κ3) is 4.47. The van der Waals surface area contributed by atoms with Crippen LogP contribution >= 0.6 is 0 Å². The number of halogens is 1. The van der Waals surface area contributed by atoms with Gasteiger partial charge in [0.05, 0.1) is 10.5 Å². The fourth-order valence-corrected chi connectivity index (χ4v) is 4.03. The van der Waals surface area contributed by atoms with E-state index in [-0.39, 0.29) is 16.3 Å². The number of esters is 1. The highest BCUT2D eigenvalue weighted by Crippen LogP contribution is 2.21. The minimum absolute atomic E-state index is 0.0464. The zero-order valence-corrected chi connectivity index (χ0v) is 15.8. The Morgan fingerprint density at radius 1 is 1.12 bits per heavy atom. The lowest BCUT2D eigenvalue weighted by Gasteiger charge is -2.19. The molecule has 1 unspecified atom stereocenters. The molecule has 0 bridgehead atoms. The topological polar surface area (TPSA) is 63.7 Å². The quantitative estimate of drug-likeness (QED) is 0.687. The van der Waals surface area contributed by atoms with Crippen LogP contribution in [0.25, 0.3) is 0 Å². The van der Waals surface area contributed by atoms with Crippen molar-refractivity contribution >= 4 is 16.0 Å². The highest BCUT2D eigenvalue weighted by atomic mass is 32.2. The van der Waals surface area contributed by atoms with Crippen molar-refractivity contribution in [2.24, 2.45) is 0 Å². The van der Waals surface area contributed by atoms with Crippen molar-refractivity contribution in [1.29, 1.82) is 0 Å². The van der Waals surface area contributed by atoms with Crippen LogP contribution in [0.4, 0.5) is 4.39 Å². The summed E-state index contributed by atoms with van der Waals surface area (Å²) in [4.78, 5) is 12.4. The molecule has 140 valence electrons. The zero-order chi connectivity index (χ0) is 19.3. The molecule has 0 aromatic heterocycles. The molecule has 0 N–H and O–H groups in total. The molecule has 0 aliphatic heterocycles. The summed E-state index contributed by atoms with van der Waals surface area (Å²) in [5.74, 6) is -1.01. The van der Waals surface area contributed by atoms with Crippen molar-refractivity contribution in [2.45, 2.75) is 31.8 Å². The van der Waals surface area contributed by atoms with E-state index in [4.69, 9.17) is 4.74 Å². The van der Waals surface area contributed by atoms with Gasteiger partial charge in [-0.2, -0.15) is 4.31 Å².